The number of hydrogen-bond acceptors (Lipinski definition) is 4. The molecular formula is C20H20FN3O2. The number of hydrogen-bond donors (Lipinski definition) is 1. The highest BCUT2D eigenvalue weighted by Gasteiger charge is 2.25. The van der Waals surface area contributed by atoms with E-state index in [1.165, 1.54) is 6.07 Å². The molecule has 0 aliphatic rings. The SMILES string of the molecule is CCCCC(=O)N[C@H](c1nnc(-c2ccccc2)o1)c1ccccc1F. The molecule has 0 bridgehead atoms. The van der Waals surface area contributed by atoms with Gasteiger partial charge in [0.25, 0.3) is 0 Å². The predicted octanol–water partition coefficient (Wildman–Crippen LogP) is 4.27. The topological polar surface area (TPSA) is 68.0 Å². The number of benzene rings is 2. The van der Waals surface area contributed by atoms with Crippen LogP contribution >= 0.6 is 0 Å². The summed E-state index contributed by atoms with van der Waals surface area (Å²) in [7, 11) is 0. The molecule has 0 aliphatic carbocycles. The van der Waals surface area contributed by atoms with Gasteiger partial charge in [-0.3, -0.25) is 4.79 Å². The zero-order valence-corrected chi connectivity index (χ0v) is 14.5. The molecule has 0 radical (unpaired) electrons. The van der Waals surface area contributed by atoms with E-state index in [0.29, 0.717) is 17.9 Å². The lowest BCUT2D eigenvalue weighted by Gasteiger charge is -2.16. The first-order valence-electron chi connectivity index (χ1n) is 8.61. The molecule has 0 spiro atoms. The maximum absolute atomic E-state index is 14.3. The van der Waals surface area contributed by atoms with Crippen molar-refractivity contribution in [3.63, 3.8) is 0 Å². The van der Waals surface area contributed by atoms with Gasteiger partial charge in [-0.15, -0.1) is 10.2 Å². The van der Waals surface area contributed by atoms with Gasteiger partial charge in [0.15, 0.2) is 0 Å². The summed E-state index contributed by atoms with van der Waals surface area (Å²) in [5.74, 6) is -0.143. The molecule has 0 unspecified atom stereocenters. The van der Waals surface area contributed by atoms with E-state index in [4.69, 9.17) is 4.42 Å². The van der Waals surface area contributed by atoms with Crippen molar-refractivity contribution in [3.8, 4) is 11.5 Å². The van der Waals surface area contributed by atoms with Crippen LogP contribution in [-0.2, 0) is 4.79 Å². The van der Waals surface area contributed by atoms with Crippen LogP contribution in [0.4, 0.5) is 4.39 Å². The molecule has 1 heterocycles. The highest BCUT2D eigenvalue weighted by atomic mass is 19.1. The summed E-state index contributed by atoms with van der Waals surface area (Å²) in [5.41, 5.74) is 1.05. The second-order valence-electron chi connectivity index (χ2n) is 5.94. The summed E-state index contributed by atoms with van der Waals surface area (Å²) in [6.45, 7) is 2.01. The minimum atomic E-state index is -0.828. The van der Waals surface area contributed by atoms with Crippen molar-refractivity contribution < 1.29 is 13.6 Å². The first-order chi connectivity index (χ1) is 12.7. The fourth-order valence-corrected chi connectivity index (χ4v) is 2.60. The molecule has 5 nitrogen and oxygen atoms in total. The number of nitrogens with zero attached hydrogens (tertiary/aromatic N) is 2. The second-order valence-corrected chi connectivity index (χ2v) is 5.94. The number of carbonyl (C=O) groups is 1. The first kappa shape index (κ1) is 17.8. The van der Waals surface area contributed by atoms with E-state index < -0.39 is 11.9 Å². The molecule has 0 saturated heterocycles. The van der Waals surface area contributed by atoms with E-state index in [-0.39, 0.29) is 11.8 Å². The average molecular weight is 353 g/mol. The number of aromatic nitrogens is 2. The van der Waals surface area contributed by atoms with Crippen molar-refractivity contribution in [2.75, 3.05) is 0 Å². The summed E-state index contributed by atoms with van der Waals surface area (Å²) >= 11 is 0. The summed E-state index contributed by atoms with van der Waals surface area (Å²) in [6, 6.07) is 14.7. The van der Waals surface area contributed by atoms with E-state index in [2.05, 4.69) is 15.5 Å². The van der Waals surface area contributed by atoms with E-state index >= 15 is 0 Å². The van der Waals surface area contributed by atoms with Crippen molar-refractivity contribution in [1.29, 1.82) is 0 Å². The Labute approximate surface area is 151 Å². The summed E-state index contributed by atoms with van der Waals surface area (Å²) in [6.07, 6.45) is 2.02. The second kappa shape index (κ2) is 8.38. The van der Waals surface area contributed by atoms with Crippen LogP contribution in [0.3, 0.4) is 0 Å². The minimum absolute atomic E-state index is 0.152. The zero-order valence-electron chi connectivity index (χ0n) is 14.5. The fourth-order valence-electron chi connectivity index (χ4n) is 2.60. The fraction of sp³-hybridized carbons (Fsp3) is 0.250. The molecule has 26 heavy (non-hydrogen) atoms. The Morgan fingerprint density at radius 3 is 2.58 bits per heavy atom. The van der Waals surface area contributed by atoms with Gasteiger partial charge in [0.2, 0.25) is 17.7 Å². The van der Waals surface area contributed by atoms with Crippen LogP contribution in [0, 0.1) is 5.82 Å². The van der Waals surface area contributed by atoms with Crippen LogP contribution in [-0.4, -0.2) is 16.1 Å². The van der Waals surface area contributed by atoms with Gasteiger partial charge in [0, 0.05) is 17.5 Å². The lowest BCUT2D eigenvalue weighted by Crippen LogP contribution is -2.30. The third-order valence-corrected chi connectivity index (χ3v) is 3.99. The van der Waals surface area contributed by atoms with Gasteiger partial charge in [-0.25, -0.2) is 4.39 Å². The third-order valence-electron chi connectivity index (χ3n) is 3.99. The number of amides is 1. The smallest absolute Gasteiger partial charge is 0.247 e. The van der Waals surface area contributed by atoms with Gasteiger partial charge < -0.3 is 9.73 Å². The molecule has 2 aromatic carbocycles. The highest BCUT2D eigenvalue weighted by molar-refractivity contribution is 5.76. The van der Waals surface area contributed by atoms with Gasteiger partial charge in [-0.1, -0.05) is 49.7 Å². The minimum Gasteiger partial charge on any atom is -0.418 e. The summed E-state index contributed by atoms with van der Waals surface area (Å²) in [4.78, 5) is 12.2. The van der Waals surface area contributed by atoms with Crippen LogP contribution < -0.4 is 5.32 Å². The summed E-state index contributed by atoms with van der Waals surface area (Å²) in [5, 5.41) is 10.9. The third kappa shape index (κ3) is 4.14. The van der Waals surface area contributed by atoms with E-state index in [1.54, 1.807) is 18.2 Å². The molecule has 0 saturated carbocycles. The number of halogens is 1. The number of carbonyl (C=O) groups excluding carboxylic acids is 1. The van der Waals surface area contributed by atoms with E-state index in [1.807, 2.05) is 37.3 Å². The molecule has 3 aromatic rings. The number of rotatable bonds is 7. The monoisotopic (exact) mass is 353 g/mol. The van der Waals surface area contributed by atoms with Gasteiger partial charge in [-0.2, -0.15) is 0 Å². The molecular weight excluding hydrogens is 333 g/mol. The van der Waals surface area contributed by atoms with Crippen LogP contribution in [0.25, 0.3) is 11.5 Å². The molecule has 134 valence electrons. The molecule has 3 rings (SSSR count). The Morgan fingerprint density at radius 1 is 1.12 bits per heavy atom. The van der Waals surface area contributed by atoms with Crippen LogP contribution in [0.1, 0.15) is 43.7 Å². The van der Waals surface area contributed by atoms with Gasteiger partial charge in [-0.05, 0) is 24.6 Å². The van der Waals surface area contributed by atoms with Crippen molar-refractivity contribution in [1.82, 2.24) is 15.5 Å². The predicted molar refractivity (Wildman–Crippen MR) is 95.6 cm³/mol. The van der Waals surface area contributed by atoms with Crippen molar-refractivity contribution >= 4 is 5.91 Å². The maximum Gasteiger partial charge on any atom is 0.247 e. The Kier molecular flexibility index (Phi) is 5.73. The zero-order chi connectivity index (χ0) is 18.4. The lowest BCUT2D eigenvalue weighted by molar-refractivity contribution is -0.121. The Morgan fingerprint density at radius 2 is 1.85 bits per heavy atom. The quantitative estimate of drug-likeness (QED) is 0.689. The molecule has 0 fully saturated rings. The maximum atomic E-state index is 14.3. The van der Waals surface area contributed by atoms with E-state index in [0.717, 1.165) is 18.4 Å². The van der Waals surface area contributed by atoms with E-state index in [9.17, 15) is 9.18 Å². The Hall–Kier alpha value is -3.02. The first-order valence-corrected chi connectivity index (χ1v) is 8.61. The normalized spacial score (nSPS) is 11.9. The Balaban J connectivity index is 1.92. The molecule has 1 amide bonds. The Bertz CT molecular complexity index is 864. The van der Waals surface area contributed by atoms with Gasteiger partial charge >= 0.3 is 0 Å². The molecule has 1 N–H and O–H groups in total. The van der Waals surface area contributed by atoms with Gasteiger partial charge in [0.1, 0.15) is 11.9 Å². The van der Waals surface area contributed by atoms with Gasteiger partial charge in [0.05, 0.1) is 0 Å². The molecule has 1 atom stereocenters. The lowest BCUT2D eigenvalue weighted by atomic mass is 10.1. The van der Waals surface area contributed by atoms with Crippen molar-refractivity contribution in [2.45, 2.75) is 32.2 Å². The largest absolute Gasteiger partial charge is 0.418 e. The number of unbranched alkanes of at least 4 members (excludes halogenated alkanes) is 1. The summed E-state index contributed by atoms with van der Waals surface area (Å²) < 4.78 is 20.1. The molecule has 6 heteroatoms. The molecule has 1 aromatic heterocycles. The molecule has 0 aliphatic heterocycles. The van der Waals surface area contributed by atoms with Crippen molar-refractivity contribution in [3.05, 3.63) is 71.9 Å². The highest BCUT2D eigenvalue weighted by Crippen LogP contribution is 2.26. The van der Waals surface area contributed by atoms with Crippen molar-refractivity contribution in [2.24, 2.45) is 0 Å². The van der Waals surface area contributed by atoms with Crippen LogP contribution in [0.5, 0.6) is 0 Å². The number of nitrogens with one attached hydrogen (secondary N) is 1. The van der Waals surface area contributed by atoms with Crippen LogP contribution in [0.2, 0.25) is 0 Å². The standard InChI is InChI=1S/C20H20FN3O2/c1-2-3-13-17(25)22-18(15-11-7-8-12-16(15)21)20-24-23-19(26-20)14-9-5-4-6-10-14/h4-12,18H,2-3,13H2,1H3,(H,22,25)/t18-/m0/s1. The average Bonchev–Trinajstić information content (AvgIpc) is 3.16. The van der Waals surface area contributed by atoms with Crippen LogP contribution in [0.15, 0.2) is 59.0 Å².